The number of ether oxygens (including phenoxy) is 1. The third-order valence-electron chi connectivity index (χ3n) is 1.94. The van der Waals surface area contributed by atoms with Crippen LogP contribution in [0.3, 0.4) is 0 Å². The Morgan fingerprint density at radius 2 is 2.00 bits per heavy atom. The maximum Gasteiger partial charge on any atom is 0.339 e. The SMILES string of the molecule is Cc1ccc(OCCC(=O)O)c(C(=O)O)c1. The van der Waals surface area contributed by atoms with E-state index in [-0.39, 0.29) is 24.3 Å². The third kappa shape index (κ3) is 3.27. The molecule has 5 nitrogen and oxygen atoms in total. The van der Waals surface area contributed by atoms with Crippen molar-refractivity contribution in [2.75, 3.05) is 6.61 Å². The minimum Gasteiger partial charge on any atom is -0.492 e. The molecule has 0 bridgehead atoms. The zero-order valence-electron chi connectivity index (χ0n) is 8.77. The van der Waals surface area contributed by atoms with Gasteiger partial charge in [-0.3, -0.25) is 4.79 Å². The Morgan fingerprint density at radius 3 is 2.56 bits per heavy atom. The highest BCUT2D eigenvalue weighted by atomic mass is 16.5. The summed E-state index contributed by atoms with van der Waals surface area (Å²) < 4.78 is 5.10. The first-order chi connectivity index (χ1) is 7.50. The molecule has 86 valence electrons. The van der Waals surface area contributed by atoms with Gasteiger partial charge in [0.1, 0.15) is 11.3 Å². The summed E-state index contributed by atoms with van der Waals surface area (Å²) in [5.74, 6) is -1.88. The van der Waals surface area contributed by atoms with Gasteiger partial charge in [-0.2, -0.15) is 0 Å². The highest BCUT2D eigenvalue weighted by molar-refractivity contribution is 5.91. The summed E-state index contributed by atoms with van der Waals surface area (Å²) in [7, 11) is 0. The number of rotatable bonds is 5. The van der Waals surface area contributed by atoms with Crippen LogP contribution in [0, 0.1) is 6.92 Å². The minimum absolute atomic E-state index is 0.0430. The van der Waals surface area contributed by atoms with Crippen molar-refractivity contribution < 1.29 is 24.5 Å². The Kier molecular flexibility index (Phi) is 3.88. The number of aromatic carboxylic acids is 1. The summed E-state index contributed by atoms with van der Waals surface area (Å²) in [4.78, 5) is 21.1. The molecule has 0 unspecified atom stereocenters. The standard InChI is InChI=1S/C11H12O5/c1-7-2-3-9(8(6-7)11(14)15)16-5-4-10(12)13/h2-3,6H,4-5H2,1H3,(H,12,13)(H,14,15). The molecular formula is C11H12O5. The van der Waals surface area contributed by atoms with Crippen LogP contribution in [0.4, 0.5) is 0 Å². The van der Waals surface area contributed by atoms with Crippen LogP contribution in [-0.4, -0.2) is 28.8 Å². The Balaban J connectivity index is 2.78. The number of aliphatic carboxylic acids is 1. The molecule has 0 aromatic heterocycles. The second-order valence-corrected chi connectivity index (χ2v) is 3.30. The molecule has 0 radical (unpaired) electrons. The molecule has 0 heterocycles. The van der Waals surface area contributed by atoms with Gasteiger partial charge < -0.3 is 14.9 Å². The molecule has 16 heavy (non-hydrogen) atoms. The predicted octanol–water partition coefficient (Wildman–Crippen LogP) is 1.55. The van der Waals surface area contributed by atoms with E-state index in [4.69, 9.17) is 14.9 Å². The lowest BCUT2D eigenvalue weighted by atomic mass is 10.1. The maximum absolute atomic E-state index is 10.9. The molecule has 0 aliphatic heterocycles. The first-order valence-electron chi connectivity index (χ1n) is 4.69. The molecule has 0 saturated carbocycles. The molecule has 0 saturated heterocycles. The third-order valence-corrected chi connectivity index (χ3v) is 1.94. The molecule has 1 rings (SSSR count). The van der Waals surface area contributed by atoms with Crippen molar-refractivity contribution in [2.45, 2.75) is 13.3 Å². The first kappa shape index (κ1) is 12.0. The smallest absolute Gasteiger partial charge is 0.339 e. The van der Waals surface area contributed by atoms with Crippen LogP contribution in [0.1, 0.15) is 22.3 Å². The van der Waals surface area contributed by atoms with Gasteiger partial charge in [0, 0.05) is 0 Å². The van der Waals surface area contributed by atoms with Crippen LogP contribution < -0.4 is 4.74 Å². The highest BCUT2D eigenvalue weighted by Gasteiger charge is 2.11. The van der Waals surface area contributed by atoms with Crippen LogP contribution in [0.15, 0.2) is 18.2 Å². The lowest BCUT2D eigenvalue weighted by molar-refractivity contribution is -0.137. The fraction of sp³-hybridized carbons (Fsp3) is 0.273. The quantitative estimate of drug-likeness (QED) is 0.792. The van der Waals surface area contributed by atoms with E-state index in [1.807, 2.05) is 0 Å². The monoisotopic (exact) mass is 224 g/mol. The zero-order valence-corrected chi connectivity index (χ0v) is 8.77. The topological polar surface area (TPSA) is 83.8 Å². The van der Waals surface area contributed by atoms with Gasteiger partial charge in [-0.25, -0.2) is 4.79 Å². The van der Waals surface area contributed by atoms with Crippen molar-refractivity contribution in [1.29, 1.82) is 0 Å². The van der Waals surface area contributed by atoms with E-state index in [1.165, 1.54) is 12.1 Å². The second-order valence-electron chi connectivity index (χ2n) is 3.30. The van der Waals surface area contributed by atoms with Gasteiger partial charge in [0.2, 0.25) is 0 Å². The van der Waals surface area contributed by atoms with E-state index < -0.39 is 11.9 Å². The highest BCUT2D eigenvalue weighted by Crippen LogP contribution is 2.20. The van der Waals surface area contributed by atoms with Gasteiger partial charge in [0.05, 0.1) is 13.0 Å². The largest absolute Gasteiger partial charge is 0.492 e. The average Bonchev–Trinajstić information content (AvgIpc) is 2.19. The van der Waals surface area contributed by atoms with Crippen LogP contribution in [0.25, 0.3) is 0 Å². The fourth-order valence-corrected chi connectivity index (χ4v) is 1.19. The van der Waals surface area contributed by atoms with Crippen molar-refractivity contribution in [3.8, 4) is 5.75 Å². The lowest BCUT2D eigenvalue weighted by Crippen LogP contribution is -2.08. The van der Waals surface area contributed by atoms with Crippen LogP contribution in [0.5, 0.6) is 5.75 Å². The summed E-state index contributed by atoms with van der Waals surface area (Å²) in [5, 5.41) is 17.3. The number of hydrogen-bond acceptors (Lipinski definition) is 3. The molecule has 0 spiro atoms. The number of hydrogen-bond donors (Lipinski definition) is 2. The first-order valence-corrected chi connectivity index (χ1v) is 4.69. The van der Waals surface area contributed by atoms with E-state index in [1.54, 1.807) is 13.0 Å². The Morgan fingerprint density at radius 1 is 1.31 bits per heavy atom. The van der Waals surface area contributed by atoms with Gasteiger partial charge in [0.25, 0.3) is 0 Å². The number of benzene rings is 1. The molecule has 2 N–H and O–H groups in total. The van der Waals surface area contributed by atoms with E-state index >= 15 is 0 Å². The normalized spacial score (nSPS) is 9.81. The van der Waals surface area contributed by atoms with Gasteiger partial charge in [-0.1, -0.05) is 11.6 Å². The average molecular weight is 224 g/mol. The summed E-state index contributed by atoms with van der Waals surface area (Å²) in [6.45, 7) is 1.73. The number of carboxylic acid groups (broad SMARTS) is 2. The van der Waals surface area contributed by atoms with Crippen molar-refractivity contribution in [2.24, 2.45) is 0 Å². The zero-order chi connectivity index (χ0) is 12.1. The summed E-state index contributed by atoms with van der Waals surface area (Å²) in [6.07, 6.45) is -0.160. The van der Waals surface area contributed by atoms with Gasteiger partial charge >= 0.3 is 11.9 Å². The molecule has 1 aromatic carbocycles. The van der Waals surface area contributed by atoms with Crippen LogP contribution >= 0.6 is 0 Å². The molecule has 5 heteroatoms. The predicted molar refractivity (Wildman–Crippen MR) is 55.9 cm³/mol. The molecule has 0 aliphatic carbocycles. The second kappa shape index (κ2) is 5.16. The van der Waals surface area contributed by atoms with E-state index in [0.29, 0.717) is 0 Å². The van der Waals surface area contributed by atoms with Gasteiger partial charge in [0.15, 0.2) is 0 Å². The summed E-state index contributed by atoms with van der Waals surface area (Å²) in [6, 6.07) is 4.72. The van der Waals surface area contributed by atoms with Crippen LogP contribution in [0.2, 0.25) is 0 Å². The number of carbonyl (C=O) groups is 2. The molecule has 0 atom stereocenters. The van der Waals surface area contributed by atoms with E-state index in [2.05, 4.69) is 0 Å². The van der Waals surface area contributed by atoms with Gasteiger partial charge in [-0.15, -0.1) is 0 Å². The maximum atomic E-state index is 10.9. The fourth-order valence-electron chi connectivity index (χ4n) is 1.19. The van der Waals surface area contributed by atoms with Crippen molar-refractivity contribution >= 4 is 11.9 Å². The number of aryl methyl sites for hydroxylation is 1. The van der Waals surface area contributed by atoms with Crippen molar-refractivity contribution in [3.05, 3.63) is 29.3 Å². The molecule has 0 aliphatic rings. The van der Waals surface area contributed by atoms with E-state index in [0.717, 1.165) is 5.56 Å². The van der Waals surface area contributed by atoms with Crippen LogP contribution in [-0.2, 0) is 4.79 Å². The minimum atomic E-state index is -1.09. The Bertz CT molecular complexity index is 411. The molecule has 0 amide bonds. The summed E-state index contributed by atoms with van der Waals surface area (Å²) in [5.41, 5.74) is 0.855. The van der Waals surface area contributed by atoms with Gasteiger partial charge in [-0.05, 0) is 19.1 Å². The Hall–Kier alpha value is -2.04. The van der Waals surface area contributed by atoms with Crippen molar-refractivity contribution in [3.63, 3.8) is 0 Å². The van der Waals surface area contributed by atoms with Crippen molar-refractivity contribution in [1.82, 2.24) is 0 Å². The Labute approximate surface area is 92.3 Å². The molecule has 0 fully saturated rings. The lowest BCUT2D eigenvalue weighted by Gasteiger charge is -2.08. The molecular weight excluding hydrogens is 212 g/mol. The summed E-state index contributed by atoms with van der Waals surface area (Å²) >= 11 is 0. The van der Waals surface area contributed by atoms with E-state index in [9.17, 15) is 9.59 Å². The number of carboxylic acids is 2. The molecule has 1 aromatic rings.